The van der Waals surface area contributed by atoms with Crippen LogP contribution in [-0.4, -0.2) is 23.9 Å². The Morgan fingerprint density at radius 2 is 2.06 bits per heavy atom. The van der Waals surface area contributed by atoms with Gasteiger partial charge in [-0.25, -0.2) is 4.79 Å². The summed E-state index contributed by atoms with van der Waals surface area (Å²) in [4.78, 5) is 10.6. The molecule has 0 bridgehead atoms. The van der Waals surface area contributed by atoms with Crippen molar-refractivity contribution in [3.63, 3.8) is 0 Å². The second-order valence-corrected chi connectivity index (χ2v) is 3.23. The number of aliphatic carboxylic acids is 1. The molecule has 0 saturated carbocycles. The standard InChI is InChI=1S/C10H11NO4.ClH/c11-4-3-6-1-2-7-8(5-6)15-10(14-7)9(12)13;/h1-2,5,10H,3-4,11H2,(H,12,13);1H. The van der Waals surface area contributed by atoms with E-state index in [-0.39, 0.29) is 12.4 Å². The lowest BCUT2D eigenvalue weighted by Gasteiger charge is -2.02. The van der Waals surface area contributed by atoms with Crippen LogP contribution in [0.1, 0.15) is 5.56 Å². The summed E-state index contributed by atoms with van der Waals surface area (Å²) < 4.78 is 10.1. The Kier molecular flexibility index (Phi) is 3.98. The molecule has 0 fully saturated rings. The fraction of sp³-hybridized carbons (Fsp3) is 0.300. The summed E-state index contributed by atoms with van der Waals surface area (Å²) in [5.74, 6) is -0.205. The van der Waals surface area contributed by atoms with Crippen molar-refractivity contribution in [2.45, 2.75) is 12.7 Å². The molecule has 1 aliphatic rings. The maximum absolute atomic E-state index is 10.6. The highest BCUT2D eigenvalue weighted by atomic mass is 35.5. The molecule has 0 saturated heterocycles. The Balaban J connectivity index is 0.00000128. The molecule has 1 aromatic rings. The van der Waals surface area contributed by atoms with Crippen LogP contribution in [-0.2, 0) is 11.2 Å². The van der Waals surface area contributed by atoms with E-state index in [0.717, 1.165) is 12.0 Å². The minimum Gasteiger partial charge on any atom is -0.476 e. The normalized spacial score (nSPS) is 16.7. The first-order chi connectivity index (χ1) is 7.20. The zero-order valence-corrected chi connectivity index (χ0v) is 9.20. The SMILES string of the molecule is Cl.NCCc1ccc2c(c1)OC(C(=O)O)O2. The third-order valence-electron chi connectivity index (χ3n) is 2.11. The number of nitrogens with two attached hydrogens (primary N) is 1. The van der Waals surface area contributed by atoms with Gasteiger partial charge in [-0.05, 0) is 30.7 Å². The fourth-order valence-corrected chi connectivity index (χ4v) is 1.42. The highest BCUT2D eigenvalue weighted by Crippen LogP contribution is 2.35. The molecule has 0 radical (unpaired) electrons. The largest absolute Gasteiger partial charge is 0.476 e. The van der Waals surface area contributed by atoms with E-state index in [9.17, 15) is 4.79 Å². The highest BCUT2D eigenvalue weighted by molar-refractivity contribution is 5.85. The molecule has 0 aliphatic carbocycles. The molecular weight excluding hydrogens is 234 g/mol. The van der Waals surface area contributed by atoms with Crippen molar-refractivity contribution in [2.75, 3.05) is 6.54 Å². The van der Waals surface area contributed by atoms with E-state index >= 15 is 0 Å². The fourth-order valence-electron chi connectivity index (χ4n) is 1.42. The van der Waals surface area contributed by atoms with E-state index in [1.54, 1.807) is 12.1 Å². The Hall–Kier alpha value is -1.46. The molecule has 1 atom stereocenters. The van der Waals surface area contributed by atoms with Crippen molar-refractivity contribution >= 4 is 18.4 Å². The summed E-state index contributed by atoms with van der Waals surface area (Å²) in [6.45, 7) is 0.544. The quantitative estimate of drug-likeness (QED) is 0.823. The second-order valence-electron chi connectivity index (χ2n) is 3.23. The zero-order chi connectivity index (χ0) is 10.8. The van der Waals surface area contributed by atoms with Crippen LogP contribution < -0.4 is 15.2 Å². The third kappa shape index (κ3) is 2.37. The van der Waals surface area contributed by atoms with Gasteiger partial charge in [0.05, 0.1) is 0 Å². The number of carbonyl (C=O) groups is 1. The number of hydrogen-bond acceptors (Lipinski definition) is 4. The molecule has 16 heavy (non-hydrogen) atoms. The van der Waals surface area contributed by atoms with E-state index in [1.807, 2.05) is 6.07 Å². The first kappa shape index (κ1) is 12.6. The molecule has 6 heteroatoms. The molecule has 1 aromatic carbocycles. The Labute approximate surface area is 98.6 Å². The number of fused-ring (bicyclic) bond motifs is 1. The molecule has 0 spiro atoms. The Bertz CT molecular complexity index is 396. The lowest BCUT2D eigenvalue weighted by atomic mass is 10.1. The summed E-state index contributed by atoms with van der Waals surface area (Å²) in [6.07, 6.45) is -0.498. The van der Waals surface area contributed by atoms with Gasteiger partial charge in [-0.1, -0.05) is 6.07 Å². The minimum atomic E-state index is -1.23. The summed E-state index contributed by atoms with van der Waals surface area (Å²) in [5.41, 5.74) is 6.42. The molecule has 2 rings (SSSR count). The lowest BCUT2D eigenvalue weighted by Crippen LogP contribution is -2.28. The Morgan fingerprint density at radius 3 is 2.69 bits per heavy atom. The smallest absolute Gasteiger partial charge is 0.387 e. The summed E-state index contributed by atoms with van der Waals surface area (Å²) in [6, 6.07) is 5.30. The predicted octanol–water partition coefficient (Wildman–Crippen LogP) is 0.791. The highest BCUT2D eigenvalue weighted by Gasteiger charge is 2.30. The average molecular weight is 246 g/mol. The lowest BCUT2D eigenvalue weighted by molar-refractivity contribution is -0.154. The van der Waals surface area contributed by atoms with E-state index in [2.05, 4.69) is 0 Å². The number of rotatable bonds is 3. The monoisotopic (exact) mass is 245 g/mol. The van der Waals surface area contributed by atoms with E-state index in [0.29, 0.717) is 18.0 Å². The molecule has 1 unspecified atom stereocenters. The maximum Gasteiger partial charge on any atom is 0.387 e. The van der Waals surface area contributed by atoms with Crippen molar-refractivity contribution in [2.24, 2.45) is 5.73 Å². The van der Waals surface area contributed by atoms with Gasteiger partial charge in [0, 0.05) is 0 Å². The number of benzene rings is 1. The van der Waals surface area contributed by atoms with Gasteiger partial charge in [-0.3, -0.25) is 0 Å². The van der Waals surface area contributed by atoms with Crippen LogP contribution in [0.2, 0.25) is 0 Å². The van der Waals surface area contributed by atoms with Crippen molar-refractivity contribution in [1.82, 2.24) is 0 Å². The van der Waals surface area contributed by atoms with Crippen LogP contribution in [0.3, 0.4) is 0 Å². The molecule has 88 valence electrons. The van der Waals surface area contributed by atoms with Crippen LogP contribution in [0.4, 0.5) is 0 Å². The number of carboxylic acid groups (broad SMARTS) is 1. The molecule has 1 aliphatic heterocycles. The maximum atomic E-state index is 10.6. The van der Waals surface area contributed by atoms with Gasteiger partial charge >= 0.3 is 12.3 Å². The Morgan fingerprint density at radius 1 is 1.38 bits per heavy atom. The molecular formula is C10H12ClNO4. The van der Waals surface area contributed by atoms with Gasteiger partial charge in [-0.2, -0.15) is 0 Å². The summed E-state index contributed by atoms with van der Waals surface area (Å²) in [7, 11) is 0. The van der Waals surface area contributed by atoms with Crippen LogP contribution >= 0.6 is 12.4 Å². The molecule has 3 N–H and O–H groups in total. The molecule has 1 heterocycles. The number of halogens is 1. The van der Waals surface area contributed by atoms with Crippen LogP contribution in [0.25, 0.3) is 0 Å². The molecule has 0 aromatic heterocycles. The minimum absolute atomic E-state index is 0. The van der Waals surface area contributed by atoms with Crippen molar-refractivity contribution in [3.05, 3.63) is 23.8 Å². The number of ether oxygens (including phenoxy) is 2. The second kappa shape index (κ2) is 5.05. The zero-order valence-electron chi connectivity index (χ0n) is 8.38. The third-order valence-corrected chi connectivity index (χ3v) is 2.11. The van der Waals surface area contributed by atoms with Crippen LogP contribution in [0.15, 0.2) is 18.2 Å². The summed E-state index contributed by atoms with van der Waals surface area (Å²) in [5, 5.41) is 8.69. The van der Waals surface area contributed by atoms with Gasteiger partial charge in [-0.15, -0.1) is 12.4 Å². The first-order valence-electron chi connectivity index (χ1n) is 4.60. The van der Waals surface area contributed by atoms with Crippen LogP contribution in [0, 0.1) is 0 Å². The molecule has 0 amide bonds. The predicted molar refractivity (Wildman–Crippen MR) is 59.1 cm³/mol. The van der Waals surface area contributed by atoms with Gasteiger partial charge in [0.2, 0.25) is 0 Å². The summed E-state index contributed by atoms with van der Waals surface area (Å²) >= 11 is 0. The van der Waals surface area contributed by atoms with Crippen molar-refractivity contribution < 1.29 is 19.4 Å². The van der Waals surface area contributed by atoms with Crippen LogP contribution in [0.5, 0.6) is 11.5 Å². The first-order valence-corrected chi connectivity index (χ1v) is 4.60. The van der Waals surface area contributed by atoms with E-state index in [1.165, 1.54) is 0 Å². The average Bonchev–Trinajstić information content (AvgIpc) is 2.61. The number of carboxylic acids is 1. The molecule has 5 nitrogen and oxygen atoms in total. The van der Waals surface area contributed by atoms with Gasteiger partial charge in [0.1, 0.15) is 0 Å². The number of hydrogen-bond donors (Lipinski definition) is 2. The van der Waals surface area contributed by atoms with Crippen molar-refractivity contribution in [3.8, 4) is 11.5 Å². The van der Waals surface area contributed by atoms with Crippen molar-refractivity contribution in [1.29, 1.82) is 0 Å². The van der Waals surface area contributed by atoms with Gasteiger partial charge < -0.3 is 20.3 Å². The van der Waals surface area contributed by atoms with E-state index < -0.39 is 12.3 Å². The van der Waals surface area contributed by atoms with Gasteiger partial charge in [0.15, 0.2) is 11.5 Å². The van der Waals surface area contributed by atoms with Gasteiger partial charge in [0.25, 0.3) is 0 Å². The van der Waals surface area contributed by atoms with E-state index in [4.69, 9.17) is 20.3 Å². The topological polar surface area (TPSA) is 81.8 Å².